The minimum atomic E-state index is 0.394. The Labute approximate surface area is 120 Å². The van der Waals surface area contributed by atoms with Crippen LogP contribution in [0, 0.1) is 0 Å². The van der Waals surface area contributed by atoms with E-state index in [0.717, 1.165) is 17.9 Å². The first-order valence-corrected chi connectivity index (χ1v) is 7.23. The summed E-state index contributed by atoms with van der Waals surface area (Å²) in [6, 6.07) is 6.77. The molecule has 0 saturated carbocycles. The predicted molar refractivity (Wildman–Crippen MR) is 82.6 cm³/mol. The molecule has 1 heterocycles. The van der Waals surface area contributed by atoms with Crippen LogP contribution >= 0.6 is 12.2 Å². The molecule has 0 amide bonds. The number of nitrogens with zero attached hydrogens (tertiary/aromatic N) is 1. The monoisotopic (exact) mass is 278 g/mol. The SMILES string of the molecule is COc1ccc(CN2CCCCC2C)cc1C(N)=S. The molecule has 1 aliphatic rings. The lowest BCUT2D eigenvalue weighted by molar-refractivity contribution is 0.152. The van der Waals surface area contributed by atoms with Gasteiger partial charge in [0.1, 0.15) is 10.7 Å². The van der Waals surface area contributed by atoms with Crippen molar-refractivity contribution in [2.75, 3.05) is 13.7 Å². The van der Waals surface area contributed by atoms with Crippen LogP contribution < -0.4 is 10.5 Å². The van der Waals surface area contributed by atoms with Crippen LogP contribution in [0.25, 0.3) is 0 Å². The lowest BCUT2D eigenvalue weighted by atomic mass is 10.0. The Balaban J connectivity index is 2.16. The molecular formula is C15H22N2OS. The highest BCUT2D eigenvalue weighted by Gasteiger charge is 2.18. The standard InChI is InChI=1S/C15H22N2OS/c1-11-5-3-4-8-17(11)10-12-6-7-14(18-2)13(9-12)15(16)19/h6-7,9,11H,3-5,8,10H2,1-2H3,(H2,16,19). The number of piperidine rings is 1. The number of hydrogen-bond acceptors (Lipinski definition) is 3. The number of methoxy groups -OCH3 is 1. The van der Waals surface area contributed by atoms with Gasteiger partial charge in [0.15, 0.2) is 0 Å². The molecule has 2 N–H and O–H groups in total. The van der Waals surface area contributed by atoms with Gasteiger partial charge in [0.25, 0.3) is 0 Å². The fraction of sp³-hybridized carbons (Fsp3) is 0.533. The lowest BCUT2D eigenvalue weighted by Gasteiger charge is -2.33. The molecule has 1 atom stereocenters. The second-order valence-corrected chi connectivity index (χ2v) is 5.65. The second kappa shape index (κ2) is 6.35. The zero-order valence-electron chi connectivity index (χ0n) is 11.7. The average Bonchev–Trinajstić information content (AvgIpc) is 2.41. The molecule has 1 unspecified atom stereocenters. The number of nitrogens with two attached hydrogens (primary N) is 1. The minimum Gasteiger partial charge on any atom is -0.496 e. The number of hydrogen-bond donors (Lipinski definition) is 1. The van der Waals surface area contributed by atoms with Crippen molar-refractivity contribution in [1.29, 1.82) is 0 Å². The Hall–Kier alpha value is -1.13. The Morgan fingerprint density at radius 3 is 2.89 bits per heavy atom. The molecule has 1 saturated heterocycles. The van der Waals surface area contributed by atoms with Gasteiger partial charge in [-0.2, -0.15) is 0 Å². The molecule has 0 radical (unpaired) electrons. The highest BCUT2D eigenvalue weighted by molar-refractivity contribution is 7.80. The first-order valence-electron chi connectivity index (χ1n) is 6.82. The fourth-order valence-corrected chi connectivity index (χ4v) is 2.83. The number of benzene rings is 1. The van der Waals surface area contributed by atoms with Crippen LogP contribution in [0.1, 0.15) is 37.3 Å². The van der Waals surface area contributed by atoms with Crippen molar-refractivity contribution < 1.29 is 4.74 Å². The summed E-state index contributed by atoms with van der Waals surface area (Å²) >= 11 is 5.09. The minimum absolute atomic E-state index is 0.394. The van der Waals surface area contributed by atoms with E-state index in [9.17, 15) is 0 Å². The maximum atomic E-state index is 5.76. The molecule has 0 bridgehead atoms. The molecule has 1 aromatic rings. The normalized spacial score (nSPS) is 20.2. The van der Waals surface area contributed by atoms with Gasteiger partial charge in [-0.3, -0.25) is 4.90 Å². The first kappa shape index (κ1) is 14.3. The highest BCUT2D eigenvalue weighted by Crippen LogP contribution is 2.23. The number of likely N-dealkylation sites (tertiary alicyclic amines) is 1. The molecule has 3 nitrogen and oxygen atoms in total. The van der Waals surface area contributed by atoms with E-state index in [0.29, 0.717) is 11.0 Å². The first-order chi connectivity index (χ1) is 9.11. The molecule has 4 heteroatoms. The molecule has 2 rings (SSSR count). The summed E-state index contributed by atoms with van der Waals surface area (Å²) in [6.45, 7) is 4.44. The molecular weight excluding hydrogens is 256 g/mol. The Bertz CT molecular complexity index is 461. The Kier molecular flexibility index (Phi) is 4.77. The van der Waals surface area contributed by atoms with Crippen molar-refractivity contribution in [3.63, 3.8) is 0 Å². The summed E-state index contributed by atoms with van der Waals surface area (Å²) < 4.78 is 5.29. The van der Waals surface area contributed by atoms with Gasteiger partial charge in [0, 0.05) is 12.6 Å². The van der Waals surface area contributed by atoms with Crippen LogP contribution in [0.2, 0.25) is 0 Å². The molecule has 0 aliphatic carbocycles. The Morgan fingerprint density at radius 2 is 2.26 bits per heavy atom. The molecule has 0 aromatic heterocycles. The topological polar surface area (TPSA) is 38.5 Å². The van der Waals surface area contributed by atoms with Gasteiger partial charge < -0.3 is 10.5 Å². The predicted octanol–water partition coefficient (Wildman–Crippen LogP) is 2.70. The van der Waals surface area contributed by atoms with Crippen LogP contribution in [0.15, 0.2) is 18.2 Å². The smallest absolute Gasteiger partial charge is 0.129 e. The number of thiocarbonyl (C=S) groups is 1. The molecule has 1 aliphatic heterocycles. The van der Waals surface area contributed by atoms with Crippen LogP contribution in [-0.4, -0.2) is 29.6 Å². The van der Waals surface area contributed by atoms with E-state index in [-0.39, 0.29) is 0 Å². The van der Waals surface area contributed by atoms with Crippen LogP contribution in [0.3, 0.4) is 0 Å². The summed E-state index contributed by atoms with van der Waals surface area (Å²) in [5, 5.41) is 0. The van der Waals surface area contributed by atoms with E-state index in [2.05, 4.69) is 24.0 Å². The fourth-order valence-electron chi connectivity index (χ4n) is 2.67. The summed E-state index contributed by atoms with van der Waals surface area (Å²) in [4.78, 5) is 2.92. The largest absolute Gasteiger partial charge is 0.496 e. The summed E-state index contributed by atoms with van der Waals surface area (Å²) in [5.74, 6) is 0.753. The maximum absolute atomic E-state index is 5.76. The van der Waals surface area contributed by atoms with Crippen molar-refractivity contribution in [3.05, 3.63) is 29.3 Å². The van der Waals surface area contributed by atoms with E-state index >= 15 is 0 Å². The van der Waals surface area contributed by atoms with Crippen LogP contribution in [0.4, 0.5) is 0 Å². The zero-order valence-corrected chi connectivity index (χ0v) is 12.5. The lowest BCUT2D eigenvalue weighted by Crippen LogP contribution is -2.36. The summed E-state index contributed by atoms with van der Waals surface area (Å²) in [6.07, 6.45) is 3.93. The van der Waals surface area contributed by atoms with Crippen molar-refractivity contribution in [3.8, 4) is 5.75 Å². The van der Waals surface area contributed by atoms with Crippen molar-refractivity contribution in [1.82, 2.24) is 4.90 Å². The third kappa shape index (κ3) is 3.45. The van der Waals surface area contributed by atoms with Gasteiger partial charge in [0.2, 0.25) is 0 Å². The van der Waals surface area contributed by atoms with Crippen molar-refractivity contribution in [2.24, 2.45) is 5.73 Å². The van der Waals surface area contributed by atoms with Crippen LogP contribution in [0.5, 0.6) is 5.75 Å². The van der Waals surface area contributed by atoms with E-state index in [1.165, 1.54) is 31.4 Å². The van der Waals surface area contributed by atoms with Gasteiger partial charge >= 0.3 is 0 Å². The third-order valence-corrected chi connectivity index (χ3v) is 4.08. The van der Waals surface area contributed by atoms with E-state index < -0.39 is 0 Å². The van der Waals surface area contributed by atoms with Gasteiger partial charge in [-0.15, -0.1) is 0 Å². The third-order valence-electron chi connectivity index (χ3n) is 3.86. The summed E-state index contributed by atoms with van der Waals surface area (Å²) in [5.41, 5.74) is 7.84. The Morgan fingerprint density at radius 1 is 1.47 bits per heavy atom. The number of ether oxygens (including phenoxy) is 1. The van der Waals surface area contributed by atoms with Gasteiger partial charge in [0.05, 0.1) is 12.7 Å². The van der Waals surface area contributed by atoms with E-state index in [1.54, 1.807) is 7.11 Å². The molecule has 104 valence electrons. The van der Waals surface area contributed by atoms with Gasteiger partial charge in [-0.1, -0.05) is 24.7 Å². The van der Waals surface area contributed by atoms with E-state index in [4.69, 9.17) is 22.7 Å². The molecule has 1 fully saturated rings. The highest BCUT2D eigenvalue weighted by atomic mass is 32.1. The quantitative estimate of drug-likeness (QED) is 0.860. The second-order valence-electron chi connectivity index (χ2n) is 5.21. The van der Waals surface area contributed by atoms with E-state index in [1.807, 2.05) is 6.07 Å². The zero-order chi connectivity index (χ0) is 13.8. The maximum Gasteiger partial charge on any atom is 0.129 e. The molecule has 0 spiro atoms. The van der Waals surface area contributed by atoms with Crippen LogP contribution in [-0.2, 0) is 6.54 Å². The molecule has 1 aromatic carbocycles. The number of rotatable bonds is 4. The van der Waals surface area contributed by atoms with Crippen molar-refractivity contribution in [2.45, 2.75) is 38.8 Å². The van der Waals surface area contributed by atoms with Gasteiger partial charge in [-0.25, -0.2) is 0 Å². The van der Waals surface area contributed by atoms with Crippen molar-refractivity contribution >= 4 is 17.2 Å². The molecule has 19 heavy (non-hydrogen) atoms. The summed E-state index contributed by atoms with van der Waals surface area (Å²) in [7, 11) is 1.64. The average molecular weight is 278 g/mol. The van der Waals surface area contributed by atoms with Gasteiger partial charge in [-0.05, 0) is 44.0 Å².